The highest BCUT2D eigenvalue weighted by atomic mass is 16.5. The van der Waals surface area contributed by atoms with Crippen LogP contribution in [0.2, 0.25) is 0 Å². The summed E-state index contributed by atoms with van der Waals surface area (Å²) in [6, 6.07) is 7.95. The van der Waals surface area contributed by atoms with Crippen LogP contribution < -0.4 is 15.0 Å². The van der Waals surface area contributed by atoms with Gasteiger partial charge in [-0.3, -0.25) is 4.79 Å². The van der Waals surface area contributed by atoms with Crippen molar-refractivity contribution < 1.29 is 9.53 Å². The third-order valence-corrected chi connectivity index (χ3v) is 5.14. The van der Waals surface area contributed by atoms with Gasteiger partial charge in [0.1, 0.15) is 5.75 Å². The van der Waals surface area contributed by atoms with Crippen LogP contribution in [0, 0.1) is 5.92 Å². The number of anilines is 1. The Morgan fingerprint density at radius 3 is 2.59 bits per heavy atom. The van der Waals surface area contributed by atoms with Gasteiger partial charge in [-0.2, -0.15) is 0 Å². The quantitative estimate of drug-likeness (QED) is 0.929. The molecule has 1 fully saturated rings. The summed E-state index contributed by atoms with van der Waals surface area (Å²) in [4.78, 5) is 15.1. The highest BCUT2D eigenvalue weighted by Crippen LogP contribution is 2.41. The third kappa shape index (κ3) is 2.60. The van der Waals surface area contributed by atoms with E-state index in [0.717, 1.165) is 43.9 Å². The first-order valence-corrected chi connectivity index (χ1v) is 8.51. The van der Waals surface area contributed by atoms with Crippen molar-refractivity contribution in [3.63, 3.8) is 0 Å². The maximum absolute atomic E-state index is 13.1. The van der Waals surface area contributed by atoms with E-state index in [-0.39, 0.29) is 5.91 Å². The van der Waals surface area contributed by atoms with Gasteiger partial charge in [0.2, 0.25) is 0 Å². The van der Waals surface area contributed by atoms with Crippen molar-refractivity contribution in [2.24, 2.45) is 5.92 Å². The molecule has 2 heterocycles. The van der Waals surface area contributed by atoms with E-state index in [1.165, 1.54) is 0 Å². The van der Waals surface area contributed by atoms with Crippen LogP contribution in [0.4, 0.5) is 5.69 Å². The standard InChI is InChI=1S/C18H26N2O2/c1-3-18(4-2)17(21)20(13-14-9-11-19-12-10-14)15-7-5-6-8-16(15)22-18/h5-8,14,19H,3-4,9-13H2,1-2H3. The summed E-state index contributed by atoms with van der Waals surface area (Å²) < 4.78 is 6.15. The van der Waals surface area contributed by atoms with E-state index in [1.807, 2.05) is 43.0 Å². The van der Waals surface area contributed by atoms with E-state index in [0.29, 0.717) is 18.8 Å². The second-order valence-corrected chi connectivity index (χ2v) is 6.38. The Morgan fingerprint density at radius 2 is 1.91 bits per heavy atom. The molecule has 0 aromatic heterocycles. The Morgan fingerprint density at radius 1 is 1.23 bits per heavy atom. The van der Waals surface area contributed by atoms with Crippen molar-refractivity contribution in [3.8, 4) is 5.75 Å². The Hall–Kier alpha value is -1.55. The smallest absolute Gasteiger partial charge is 0.271 e. The number of fused-ring (bicyclic) bond motifs is 1. The number of rotatable bonds is 4. The average Bonchev–Trinajstić information content (AvgIpc) is 2.58. The molecule has 3 rings (SSSR count). The predicted molar refractivity (Wildman–Crippen MR) is 88.3 cm³/mol. The molecule has 1 aromatic carbocycles. The number of carbonyl (C=O) groups is 1. The molecule has 22 heavy (non-hydrogen) atoms. The maximum Gasteiger partial charge on any atom is 0.271 e. The molecule has 1 aromatic rings. The molecule has 0 atom stereocenters. The van der Waals surface area contributed by atoms with Crippen LogP contribution in [0.1, 0.15) is 39.5 Å². The fourth-order valence-corrected chi connectivity index (χ4v) is 3.58. The Labute approximate surface area is 132 Å². The topological polar surface area (TPSA) is 41.6 Å². The van der Waals surface area contributed by atoms with E-state index >= 15 is 0 Å². The molecule has 1 N–H and O–H groups in total. The molecular formula is C18H26N2O2. The van der Waals surface area contributed by atoms with E-state index in [2.05, 4.69) is 5.32 Å². The minimum absolute atomic E-state index is 0.134. The molecule has 0 bridgehead atoms. The molecule has 0 aliphatic carbocycles. The molecule has 0 spiro atoms. The lowest BCUT2D eigenvalue weighted by Gasteiger charge is -2.43. The number of hydrogen-bond donors (Lipinski definition) is 1. The number of ether oxygens (including phenoxy) is 1. The molecule has 0 radical (unpaired) electrons. The van der Waals surface area contributed by atoms with E-state index in [4.69, 9.17) is 4.74 Å². The van der Waals surface area contributed by atoms with E-state index in [9.17, 15) is 4.79 Å². The lowest BCUT2D eigenvalue weighted by molar-refractivity contribution is -0.136. The number of hydrogen-bond acceptors (Lipinski definition) is 3. The predicted octanol–water partition coefficient (Wildman–Crippen LogP) is 2.97. The summed E-state index contributed by atoms with van der Waals surface area (Å²) in [5.74, 6) is 1.55. The zero-order chi connectivity index (χ0) is 15.6. The Kier molecular flexibility index (Phi) is 4.39. The van der Waals surface area contributed by atoms with Crippen LogP contribution in [-0.4, -0.2) is 31.1 Å². The molecule has 2 aliphatic rings. The fourth-order valence-electron chi connectivity index (χ4n) is 3.58. The minimum Gasteiger partial charge on any atom is -0.475 e. The number of amides is 1. The number of nitrogens with zero attached hydrogens (tertiary/aromatic N) is 1. The van der Waals surface area contributed by atoms with Gasteiger partial charge in [-0.15, -0.1) is 0 Å². The monoisotopic (exact) mass is 302 g/mol. The number of para-hydroxylation sites is 2. The minimum atomic E-state index is -0.693. The largest absolute Gasteiger partial charge is 0.475 e. The molecule has 120 valence electrons. The maximum atomic E-state index is 13.1. The van der Waals surface area contributed by atoms with Crippen LogP contribution in [0.25, 0.3) is 0 Å². The lowest BCUT2D eigenvalue weighted by atomic mass is 9.90. The van der Waals surface area contributed by atoms with Crippen LogP contribution >= 0.6 is 0 Å². The Bertz CT molecular complexity index is 534. The van der Waals surface area contributed by atoms with Crippen molar-refractivity contribution in [2.45, 2.75) is 45.1 Å². The number of piperidine rings is 1. The Balaban J connectivity index is 1.92. The van der Waals surface area contributed by atoms with E-state index < -0.39 is 5.60 Å². The number of nitrogens with one attached hydrogen (secondary N) is 1. The summed E-state index contributed by atoms with van der Waals surface area (Å²) in [7, 11) is 0. The summed E-state index contributed by atoms with van der Waals surface area (Å²) in [5, 5.41) is 3.39. The van der Waals surface area contributed by atoms with Crippen LogP contribution in [0.5, 0.6) is 5.75 Å². The van der Waals surface area contributed by atoms with Crippen LogP contribution in [0.15, 0.2) is 24.3 Å². The van der Waals surface area contributed by atoms with Crippen molar-refractivity contribution in [3.05, 3.63) is 24.3 Å². The molecule has 0 saturated carbocycles. The molecule has 4 heteroatoms. The average molecular weight is 302 g/mol. The first-order valence-electron chi connectivity index (χ1n) is 8.51. The molecule has 1 amide bonds. The van der Waals surface area contributed by atoms with Gasteiger partial charge in [0, 0.05) is 6.54 Å². The highest BCUT2D eigenvalue weighted by molar-refractivity contribution is 6.02. The van der Waals surface area contributed by atoms with Crippen molar-refractivity contribution in [2.75, 3.05) is 24.5 Å². The summed E-state index contributed by atoms with van der Waals surface area (Å²) in [5.41, 5.74) is 0.241. The first-order chi connectivity index (χ1) is 10.7. The number of benzene rings is 1. The highest BCUT2D eigenvalue weighted by Gasteiger charge is 2.46. The van der Waals surface area contributed by atoms with E-state index in [1.54, 1.807) is 0 Å². The molecular weight excluding hydrogens is 276 g/mol. The molecule has 1 saturated heterocycles. The van der Waals surface area contributed by atoms with Gasteiger partial charge in [0.15, 0.2) is 5.60 Å². The van der Waals surface area contributed by atoms with Gasteiger partial charge in [0.25, 0.3) is 5.91 Å². The summed E-state index contributed by atoms with van der Waals surface area (Å²) in [6.07, 6.45) is 3.69. The van der Waals surface area contributed by atoms with Crippen molar-refractivity contribution in [1.29, 1.82) is 0 Å². The zero-order valence-corrected chi connectivity index (χ0v) is 13.6. The second-order valence-electron chi connectivity index (χ2n) is 6.38. The van der Waals surface area contributed by atoms with Gasteiger partial charge in [-0.25, -0.2) is 0 Å². The van der Waals surface area contributed by atoms with Crippen molar-refractivity contribution >= 4 is 11.6 Å². The fraction of sp³-hybridized carbons (Fsp3) is 0.611. The normalized spacial score (nSPS) is 21.4. The van der Waals surface area contributed by atoms with Gasteiger partial charge in [0.05, 0.1) is 5.69 Å². The van der Waals surface area contributed by atoms with Gasteiger partial charge in [-0.1, -0.05) is 26.0 Å². The lowest BCUT2D eigenvalue weighted by Crippen LogP contribution is -2.56. The SMILES string of the molecule is CCC1(CC)Oc2ccccc2N(CC2CCNCC2)C1=O. The first kappa shape index (κ1) is 15.3. The molecule has 0 unspecified atom stereocenters. The summed E-state index contributed by atoms with van der Waals surface area (Å²) in [6.45, 7) is 6.99. The van der Waals surface area contributed by atoms with Gasteiger partial charge in [-0.05, 0) is 56.8 Å². The van der Waals surface area contributed by atoms with Crippen molar-refractivity contribution in [1.82, 2.24) is 5.32 Å². The number of carbonyl (C=O) groups excluding carboxylic acids is 1. The second kappa shape index (κ2) is 6.29. The third-order valence-electron chi connectivity index (χ3n) is 5.14. The van der Waals surface area contributed by atoms with Crippen LogP contribution in [0.3, 0.4) is 0 Å². The van der Waals surface area contributed by atoms with Gasteiger partial charge < -0.3 is 15.0 Å². The molecule has 2 aliphatic heterocycles. The zero-order valence-electron chi connectivity index (χ0n) is 13.6. The summed E-state index contributed by atoms with van der Waals surface area (Å²) >= 11 is 0. The molecule has 4 nitrogen and oxygen atoms in total. The van der Waals surface area contributed by atoms with Gasteiger partial charge >= 0.3 is 0 Å². The van der Waals surface area contributed by atoms with Crippen LogP contribution in [-0.2, 0) is 4.79 Å².